The number of carbonyl (C=O) groups excluding carboxylic acids is 1. The number of urea groups is 1. The quantitative estimate of drug-likeness (QED) is 0.761. The number of amides is 2. The smallest absolute Gasteiger partial charge is 0.319 e. The molecule has 1 unspecified atom stereocenters. The molecule has 6 heteroatoms. The van der Waals surface area contributed by atoms with Gasteiger partial charge in [-0.05, 0) is 5.92 Å². The molecule has 0 rings (SSSR count). The van der Waals surface area contributed by atoms with Gasteiger partial charge in [0.2, 0.25) is 0 Å². The van der Waals surface area contributed by atoms with Crippen molar-refractivity contribution in [2.45, 2.75) is 27.2 Å². The van der Waals surface area contributed by atoms with Crippen LogP contribution in [-0.2, 0) is 4.79 Å². The van der Waals surface area contributed by atoms with E-state index in [-0.39, 0.29) is 19.0 Å². The van der Waals surface area contributed by atoms with Crippen molar-refractivity contribution in [3.63, 3.8) is 0 Å². The monoisotopic (exact) mass is 269 g/mol. The van der Waals surface area contributed by atoms with Crippen LogP contribution in [0, 0.1) is 23.2 Å². The highest BCUT2D eigenvalue weighted by atomic mass is 16.4. The molecule has 0 aromatic heterocycles. The van der Waals surface area contributed by atoms with Gasteiger partial charge < -0.3 is 14.9 Å². The second kappa shape index (κ2) is 8.35. The Bertz CT molecular complexity index is 350. The minimum absolute atomic E-state index is 0.162. The van der Waals surface area contributed by atoms with E-state index in [4.69, 9.17) is 10.4 Å². The van der Waals surface area contributed by atoms with Gasteiger partial charge in [0.15, 0.2) is 0 Å². The average molecular weight is 269 g/mol. The van der Waals surface area contributed by atoms with E-state index in [1.165, 1.54) is 4.90 Å². The molecule has 0 radical (unpaired) electrons. The lowest BCUT2D eigenvalue weighted by Gasteiger charge is -2.29. The number of aliphatic carboxylic acids is 1. The molecule has 0 saturated carbocycles. The summed E-state index contributed by atoms with van der Waals surface area (Å²) in [5, 5.41) is 17.5. The van der Waals surface area contributed by atoms with Crippen LogP contribution in [0.2, 0.25) is 0 Å². The van der Waals surface area contributed by atoms with E-state index in [1.807, 2.05) is 19.9 Å². The van der Waals surface area contributed by atoms with Gasteiger partial charge in [0.1, 0.15) is 0 Å². The van der Waals surface area contributed by atoms with Crippen molar-refractivity contribution in [3.8, 4) is 6.07 Å². The zero-order valence-electron chi connectivity index (χ0n) is 12.1. The summed E-state index contributed by atoms with van der Waals surface area (Å²) < 4.78 is 0. The number of hydrogen-bond donors (Lipinski definition) is 1. The highest BCUT2D eigenvalue weighted by Gasteiger charge is 2.22. The molecule has 0 bridgehead atoms. The lowest BCUT2D eigenvalue weighted by molar-refractivity contribution is -0.141. The molecule has 0 aromatic rings. The van der Waals surface area contributed by atoms with Crippen molar-refractivity contribution >= 4 is 12.0 Å². The molecular formula is C13H23N3O3. The number of carbonyl (C=O) groups is 2. The van der Waals surface area contributed by atoms with E-state index in [1.54, 1.807) is 18.9 Å². The summed E-state index contributed by atoms with van der Waals surface area (Å²) in [5.74, 6) is -1.23. The summed E-state index contributed by atoms with van der Waals surface area (Å²) in [7, 11) is 1.58. The minimum atomic E-state index is -0.924. The Kier molecular flexibility index (Phi) is 7.57. The second-order valence-electron chi connectivity index (χ2n) is 5.15. The molecule has 0 spiro atoms. The van der Waals surface area contributed by atoms with Gasteiger partial charge in [-0.25, -0.2) is 4.79 Å². The predicted molar refractivity (Wildman–Crippen MR) is 71.5 cm³/mol. The fourth-order valence-corrected chi connectivity index (χ4v) is 1.70. The molecule has 19 heavy (non-hydrogen) atoms. The Hall–Kier alpha value is -1.77. The Morgan fingerprint density at radius 1 is 1.26 bits per heavy atom. The SMILES string of the molecule is CC(C)CN(CCC#N)C(=O)N(C)CC(C)C(=O)O. The molecule has 6 nitrogen and oxygen atoms in total. The van der Waals surface area contributed by atoms with E-state index in [0.717, 1.165) is 0 Å². The number of carboxylic acid groups (broad SMARTS) is 1. The van der Waals surface area contributed by atoms with E-state index < -0.39 is 11.9 Å². The van der Waals surface area contributed by atoms with Crippen LogP contribution in [0.3, 0.4) is 0 Å². The Balaban J connectivity index is 4.59. The van der Waals surface area contributed by atoms with Crippen LogP contribution >= 0.6 is 0 Å². The molecule has 0 aromatic carbocycles. The zero-order chi connectivity index (χ0) is 15.0. The summed E-state index contributed by atoms with van der Waals surface area (Å²) in [6, 6.07) is 1.79. The molecule has 0 aliphatic rings. The molecule has 0 saturated heterocycles. The fourth-order valence-electron chi connectivity index (χ4n) is 1.70. The van der Waals surface area contributed by atoms with E-state index in [2.05, 4.69) is 0 Å². The molecule has 1 N–H and O–H groups in total. The normalized spacial score (nSPS) is 11.8. The number of nitrogens with zero attached hydrogens (tertiary/aromatic N) is 3. The topological polar surface area (TPSA) is 84.6 Å². The van der Waals surface area contributed by atoms with Gasteiger partial charge in [0.05, 0.1) is 18.4 Å². The highest BCUT2D eigenvalue weighted by Crippen LogP contribution is 2.06. The van der Waals surface area contributed by atoms with Gasteiger partial charge in [-0.15, -0.1) is 0 Å². The first-order chi connectivity index (χ1) is 8.79. The van der Waals surface area contributed by atoms with Gasteiger partial charge in [-0.2, -0.15) is 5.26 Å². The van der Waals surface area contributed by atoms with Gasteiger partial charge in [0.25, 0.3) is 0 Å². The van der Waals surface area contributed by atoms with Crippen molar-refractivity contribution < 1.29 is 14.7 Å². The van der Waals surface area contributed by atoms with Crippen molar-refractivity contribution in [2.75, 3.05) is 26.7 Å². The molecule has 0 heterocycles. The average Bonchev–Trinajstić information content (AvgIpc) is 2.32. The first kappa shape index (κ1) is 17.2. The van der Waals surface area contributed by atoms with E-state index in [9.17, 15) is 9.59 Å². The maximum atomic E-state index is 12.2. The maximum absolute atomic E-state index is 12.2. The largest absolute Gasteiger partial charge is 0.481 e. The zero-order valence-corrected chi connectivity index (χ0v) is 12.1. The summed E-state index contributed by atoms with van der Waals surface area (Å²) in [5.41, 5.74) is 0. The van der Waals surface area contributed by atoms with E-state index in [0.29, 0.717) is 19.0 Å². The minimum Gasteiger partial charge on any atom is -0.481 e. The highest BCUT2D eigenvalue weighted by molar-refractivity contribution is 5.76. The molecule has 1 atom stereocenters. The summed E-state index contributed by atoms with van der Waals surface area (Å²) in [6.45, 7) is 6.65. The molecule has 0 fully saturated rings. The summed E-state index contributed by atoms with van der Waals surface area (Å²) in [4.78, 5) is 26.0. The van der Waals surface area contributed by atoms with Gasteiger partial charge >= 0.3 is 12.0 Å². The number of carboxylic acids is 1. The third kappa shape index (κ3) is 6.65. The third-order valence-electron chi connectivity index (χ3n) is 2.65. The van der Waals surface area contributed by atoms with Crippen molar-refractivity contribution in [2.24, 2.45) is 11.8 Å². The van der Waals surface area contributed by atoms with Crippen LogP contribution in [0.1, 0.15) is 27.2 Å². The molecular weight excluding hydrogens is 246 g/mol. The predicted octanol–water partition coefficient (Wildman–Crippen LogP) is 1.63. The number of nitriles is 1. The number of hydrogen-bond acceptors (Lipinski definition) is 3. The fraction of sp³-hybridized carbons (Fsp3) is 0.769. The van der Waals surface area contributed by atoms with Crippen LogP contribution in [0.25, 0.3) is 0 Å². The Morgan fingerprint density at radius 3 is 2.26 bits per heavy atom. The Morgan fingerprint density at radius 2 is 1.84 bits per heavy atom. The van der Waals surface area contributed by atoms with E-state index >= 15 is 0 Å². The third-order valence-corrected chi connectivity index (χ3v) is 2.65. The standard InChI is InChI=1S/C13H23N3O3/c1-10(2)8-16(7-5-6-14)13(19)15(4)9-11(3)12(17)18/h10-11H,5,7-9H2,1-4H3,(H,17,18). The van der Waals surface area contributed by atoms with Crippen LogP contribution in [0.4, 0.5) is 4.79 Å². The van der Waals surface area contributed by atoms with Crippen LogP contribution in [-0.4, -0.2) is 53.6 Å². The number of rotatable bonds is 7. The second-order valence-corrected chi connectivity index (χ2v) is 5.15. The molecule has 2 amide bonds. The summed E-state index contributed by atoms with van der Waals surface area (Å²) >= 11 is 0. The lowest BCUT2D eigenvalue weighted by Crippen LogP contribution is -2.45. The van der Waals surface area contributed by atoms with Crippen molar-refractivity contribution in [3.05, 3.63) is 0 Å². The lowest BCUT2D eigenvalue weighted by atomic mass is 10.2. The van der Waals surface area contributed by atoms with Crippen molar-refractivity contribution in [1.29, 1.82) is 5.26 Å². The van der Waals surface area contributed by atoms with Gasteiger partial charge in [-0.1, -0.05) is 20.8 Å². The Labute approximate surface area is 114 Å². The summed E-state index contributed by atoms with van der Waals surface area (Å²) in [6.07, 6.45) is 0.279. The molecule has 108 valence electrons. The van der Waals surface area contributed by atoms with Crippen LogP contribution < -0.4 is 0 Å². The van der Waals surface area contributed by atoms with Crippen molar-refractivity contribution in [1.82, 2.24) is 9.80 Å². The molecule has 0 aliphatic carbocycles. The first-order valence-corrected chi connectivity index (χ1v) is 6.39. The molecule has 0 aliphatic heterocycles. The van der Waals surface area contributed by atoms with Gasteiger partial charge in [-0.3, -0.25) is 4.79 Å². The van der Waals surface area contributed by atoms with Gasteiger partial charge in [0, 0.05) is 26.7 Å². The maximum Gasteiger partial charge on any atom is 0.319 e. The first-order valence-electron chi connectivity index (χ1n) is 6.39. The van der Waals surface area contributed by atoms with Crippen LogP contribution in [0.5, 0.6) is 0 Å². The van der Waals surface area contributed by atoms with Crippen LogP contribution in [0.15, 0.2) is 0 Å².